The summed E-state index contributed by atoms with van der Waals surface area (Å²) in [5.74, 6) is 1.24. The molecule has 0 aromatic heterocycles. The van der Waals surface area contributed by atoms with E-state index in [2.05, 4.69) is 24.4 Å². The number of nitrogens with one attached hydrogen (secondary N) is 1. The summed E-state index contributed by atoms with van der Waals surface area (Å²) in [6.07, 6.45) is 2.45. The molecular weight excluding hydrogens is 372 g/mol. The number of hydrazone groups is 1. The van der Waals surface area contributed by atoms with Crippen molar-refractivity contribution < 1.29 is 23.8 Å². The van der Waals surface area contributed by atoms with Crippen LogP contribution in [0.2, 0.25) is 0 Å². The van der Waals surface area contributed by atoms with Crippen LogP contribution in [0.1, 0.15) is 43.1 Å². The van der Waals surface area contributed by atoms with E-state index in [0.29, 0.717) is 35.2 Å². The number of rotatable bonds is 9. The summed E-state index contributed by atoms with van der Waals surface area (Å²) < 4.78 is 15.9. The van der Waals surface area contributed by atoms with Gasteiger partial charge in [-0.15, -0.1) is 0 Å². The fourth-order valence-corrected chi connectivity index (χ4v) is 2.35. The molecule has 1 N–H and O–H groups in total. The summed E-state index contributed by atoms with van der Waals surface area (Å²) in [5, 5.41) is 3.96. The number of carbonyl (C=O) groups excluding carboxylic acids is 2. The summed E-state index contributed by atoms with van der Waals surface area (Å²) in [4.78, 5) is 23.3. The van der Waals surface area contributed by atoms with Gasteiger partial charge in [0.2, 0.25) is 0 Å². The minimum absolute atomic E-state index is 0.317. The van der Waals surface area contributed by atoms with Crippen molar-refractivity contribution in [3.05, 3.63) is 53.6 Å². The highest BCUT2D eigenvalue weighted by molar-refractivity contribution is 5.95. The van der Waals surface area contributed by atoms with Crippen LogP contribution in [-0.2, 0) is 4.79 Å². The molecule has 2 aromatic rings. The summed E-state index contributed by atoms with van der Waals surface area (Å²) >= 11 is 0. The van der Waals surface area contributed by atoms with E-state index >= 15 is 0 Å². The number of methoxy groups -OCH3 is 1. The van der Waals surface area contributed by atoms with Crippen molar-refractivity contribution in [1.82, 2.24) is 5.43 Å². The van der Waals surface area contributed by atoms with Gasteiger partial charge in [0.15, 0.2) is 11.5 Å². The Balaban J connectivity index is 1.92. The van der Waals surface area contributed by atoms with Gasteiger partial charge in [0.25, 0.3) is 5.91 Å². The van der Waals surface area contributed by atoms with Gasteiger partial charge in [-0.25, -0.2) is 5.43 Å². The number of esters is 1. The van der Waals surface area contributed by atoms with Crippen molar-refractivity contribution in [1.29, 1.82) is 0 Å². The van der Waals surface area contributed by atoms with E-state index in [0.717, 1.165) is 12.2 Å². The lowest BCUT2D eigenvalue weighted by Gasteiger charge is -2.08. The average molecular weight is 398 g/mol. The SMILES string of the molecule is COc1cc(/C=N\NC(=O)c2ccc(OCCC(C)C)cc2)ccc1OC(C)=O. The molecule has 0 heterocycles. The monoisotopic (exact) mass is 398 g/mol. The number of amides is 1. The van der Waals surface area contributed by atoms with Crippen molar-refractivity contribution in [3.63, 3.8) is 0 Å². The summed E-state index contributed by atoms with van der Waals surface area (Å²) in [5.41, 5.74) is 3.62. The largest absolute Gasteiger partial charge is 0.494 e. The predicted octanol–water partition coefficient (Wildman–Crippen LogP) is 3.81. The summed E-state index contributed by atoms with van der Waals surface area (Å²) in [6, 6.07) is 11.8. The topological polar surface area (TPSA) is 86.2 Å². The molecule has 0 spiro atoms. The average Bonchev–Trinajstić information content (AvgIpc) is 2.68. The molecule has 0 atom stereocenters. The van der Waals surface area contributed by atoms with Crippen LogP contribution in [0.3, 0.4) is 0 Å². The zero-order chi connectivity index (χ0) is 21.2. The van der Waals surface area contributed by atoms with Crippen LogP contribution in [0, 0.1) is 5.92 Å². The van der Waals surface area contributed by atoms with Crippen molar-refractivity contribution in [2.75, 3.05) is 13.7 Å². The highest BCUT2D eigenvalue weighted by atomic mass is 16.6. The fraction of sp³-hybridized carbons (Fsp3) is 0.318. The van der Waals surface area contributed by atoms with Gasteiger partial charge >= 0.3 is 5.97 Å². The first-order valence-electron chi connectivity index (χ1n) is 9.31. The zero-order valence-corrected chi connectivity index (χ0v) is 17.1. The van der Waals surface area contributed by atoms with E-state index in [1.54, 1.807) is 42.5 Å². The minimum atomic E-state index is -0.437. The molecule has 7 heteroatoms. The number of hydrogen-bond acceptors (Lipinski definition) is 6. The molecule has 0 saturated carbocycles. The quantitative estimate of drug-likeness (QED) is 0.300. The summed E-state index contributed by atoms with van der Waals surface area (Å²) in [6.45, 7) is 6.24. The Morgan fingerprint density at radius 1 is 1.10 bits per heavy atom. The summed E-state index contributed by atoms with van der Waals surface area (Å²) in [7, 11) is 1.47. The van der Waals surface area contributed by atoms with Crippen molar-refractivity contribution in [2.24, 2.45) is 11.0 Å². The Labute approximate surface area is 170 Å². The number of carbonyl (C=O) groups is 2. The van der Waals surface area contributed by atoms with Crippen LogP contribution in [0.15, 0.2) is 47.6 Å². The molecule has 0 unspecified atom stereocenters. The predicted molar refractivity (Wildman–Crippen MR) is 111 cm³/mol. The maximum atomic E-state index is 12.2. The van der Waals surface area contributed by atoms with E-state index < -0.39 is 5.97 Å². The van der Waals surface area contributed by atoms with Crippen LogP contribution in [-0.4, -0.2) is 31.8 Å². The molecule has 0 saturated heterocycles. The Morgan fingerprint density at radius 2 is 1.83 bits per heavy atom. The maximum Gasteiger partial charge on any atom is 0.308 e. The highest BCUT2D eigenvalue weighted by Crippen LogP contribution is 2.27. The Hall–Kier alpha value is -3.35. The second-order valence-corrected chi connectivity index (χ2v) is 6.76. The molecule has 2 aromatic carbocycles. The molecule has 7 nitrogen and oxygen atoms in total. The molecule has 0 radical (unpaired) electrons. The molecule has 0 aliphatic carbocycles. The van der Waals surface area contributed by atoms with Crippen molar-refractivity contribution in [2.45, 2.75) is 27.2 Å². The normalized spacial score (nSPS) is 10.8. The molecule has 2 rings (SSSR count). The molecule has 154 valence electrons. The first-order valence-corrected chi connectivity index (χ1v) is 9.31. The van der Waals surface area contributed by atoms with Crippen LogP contribution < -0.4 is 19.6 Å². The molecule has 0 aliphatic heterocycles. The van der Waals surface area contributed by atoms with Crippen LogP contribution >= 0.6 is 0 Å². The molecule has 0 fully saturated rings. The Morgan fingerprint density at radius 3 is 2.45 bits per heavy atom. The third-order valence-corrected chi connectivity index (χ3v) is 3.90. The lowest BCUT2D eigenvalue weighted by atomic mass is 10.1. The van der Waals surface area contributed by atoms with Crippen molar-refractivity contribution in [3.8, 4) is 17.2 Å². The van der Waals surface area contributed by atoms with Gasteiger partial charge in [0.05, 0.1) is 19.9 Å². The lowest BCUT2D eigenvalue weighted by molar-refractivity contribution is -0.132. The van der Waals surface area contributed by atoms with E-state index in [1.807, 2.05) is 0 Å². The van der Waals surface area contributed by atoms with E-state index in [4.69, 9.17) is 14.2 Å². The van der Waals surface area contributed by atoms with Gasteiger partial charge in [0, 0.05) is 12.5 Å². The van der Waals surface area contributed by atoms with Crippen molar-refractivity contribution >= 4 is 18.1 Å². The van der Waals surface area contributed by atoms with E-state index in [9.17, 15) is 9.59 Å². The van der Waals surface area contributed by atoms with Gasteiger partial charge in [-0.1, -0.05) is 13.8 Å². The third kappa shape index (κ3) is 7.29. The highest BCUT2D eigenvalue weighted by Gasteiger charge is 2.08. The number of ether oxygens (including phenoxy) is 3. The van der Waals surface area contributed by atoms with Gasteiger partial charge < -0.3 is 14.2 Å². The maximum absolute atomic E-state index is 12.2. The van der Waals surface area contributed by atoms with Crippen LogP contribution in [0.25, 0.3) is 0 Å². The third-order valence-electron chi connectivity index (χ3n) is 3.90. The van der Waals surface area contributed by atoms with E-state index in [1.165, 1.54) is 20.2 Å². The standard InChI is InChI=1S/C22H26N2O5/c1-15(2)11-12-28-19-8-6-18(7-9-19)22(26)24-23-14-17-5-10-20(29-16(3)25)21(13-17)27-4/h5-10,13-15H,11-12H2,1-4H3,(H,24,26)/b23-14-. The zero-order valence-electron chi connectivity index (χ0n) is 17.1. The van der Waals surface area contributed by atoms with Gasteiger partial charge in [0.1, 0.15) is 5.75 Å². The number of nitrogens with zero attached hydrogens (tertiary/aromatic N) is 1. The van der Waals surface area contributed by atoms with Gasteiger partial charge in [-0.3, -0.25) is 9.59 Å². The van der Waals surface area contributed by atoms with Gasteiger partial charge in [-0.05, 0) is 60.4 Å². The number of benzene rings is 2. The molecule has 1 amide bonds. The van der Waals surface area contributed by atoms with Gasteiger partial charge in [-0.2, -0.15) is 5.10 Å². The second-order valence-electron chi connectivity index (χ2n) is 6.76. The second kappa shape index (κ2) is 10.8. The van der Waals surface area contributed by atoms with E-state index in [-0.39, 0.29) is 5.91 Å². The first kappa shape index (κ1) is 21.9. The first-order chi connectivity index (χ1) is 13.9. The lowest BCUT2D eigenvalue weighted by Crippen LogP contribution is -2.17. The van der Waals surface area contributed by atoms with Crippen LogP contribution in [0.5, 0.6) is 17.2 Å². The molecular formula is C22H26N2O5. The van der Waals surface area contributed by atoms with Crippen LogP contribution in [0.4, 0.5) is 0 Å². The fourth-order valence-electron chi connectivity index (χ4n) is 2.35. The molecule has 29 heavy (non-hydrogen) atoms. The Bertz CT molecular complexity index is 860. The molecule has 0 bridgehead atoms. The Kier molecular flexibility index (Phi) is 8.21. The molecule has 0 aliphatic rings. The number of hydrogen-bond donors (Lipinski definition) is 1. The minimum Gasteiger partial charge on any atom is -0.494 e. The smallest absolute Gasteiger partial charge is 0.308 e.